The third-order valence-electron chi connectivity index (χ3n) is 4.82. The van der Waals surface area contributed by atoms with E-state index in [-0.39, 0.29) is 5.91 Å². The molecule has 0 aliphatic carbocycles. The number of amides is 1. The van der Waals surface area contributed by atoms with Crippen LogP contribution in [0, 0.1) is 13.8 Å². The molecule has 0 radical (unpaired) electrons. The average molecular weight is 413 g/mol. The van der Waals surface area contributed by atoms with Crippen LogP contribution in [0.3, 0.4) is 0 Å². The van der Waals surface area contributed by atoms with Gasteiger partial charge in [0.05, 0.1) is 7.11 Å². The molecule has 5 heteroatoms. The number of benzene rings is 1. The largest absolute Gasteiger partial charge is 0.496 e. The van der Waals surface area contributed by atoms with E-state index in [1.54, 1.807) is 25.3 Å². The molecule has 0 saturated heterocycles. The number of pyridine rings is 1. The summed E-state index contributed by atoms with van der Waals surface area (Å²) in [5.41, 5.74) is 5.47. The second-order valence-electron chi connectivity index (χ2n) is 6.98. The Labute approximate surface area is 178 Å². The van der Waals surface area contributed by atoms with E-state index in [0.29, 0.717) is 29.3 Å². The van der Waals surface area contributed by atoms with Crippen molar-refractivity contribution in [2.75, 3.05) is 7.11 Å². The topological polar surface area (TPSA) is 51.2 Å². The Morgan fingerprint density at radius 3 is 2.62 bits per heavy atom. The Morgan fingerprint density at radius 2 is 1.97 bits per heavy atom. The van der Waals surface area contributed by atoms with Gasteiger partial charge in [-0.1, -0.05) is 23.8 Å². The Balaban J connectivity index is 2.28. The van der Waals surface area contributed by atoms with Crippen molar-refractivity contribution >= 4 is 17.5 Å². The molecule has 0 unspecified atom stereocenters. The van der Waals surface area contributed by atoms with Gasteiger partial charge in [-0.3, -0.25) is 9.78 Å². The number of hydrogen-bond acceptors (Lipinski definition) is 3. The number of aryl methyl sites for hydroxylation is 3. The van der Waals surface area contributed by atoms with Gasteiger partial charge in [-0.05, 0) is 68.9 Å². The van der Waals surface area contributed by atoms with Crippen molar-refractivity contribution in [1.82, 2.24) is 10.3 Å². The number of carbonyl (C=O) groups is 1. The standard InChI is InChI=1S/C24H29ClN2O2/c1-6-8-9-11-18-12-16(3)27-17(4)22(18)15-26-24(28)21-13-19(25)14-23(29-5)20(21)10-7-2/h6-7,12-14H,1-2,8-11,15H2,3-5H3,(H,26,28). The first kappa shape index (κ1) is 22.7. The average Bonchev–Trinajstić information content (AvgIpc) is 2.68. The maximum Gasteiger partial charge on any atom is 0.252 e. The van der Waals surface area contributed by atoms with Gasteiger partial charge in [0.2, 0.25) is 0 Å². The molecule has 1 aromatic heterocycles. The summed E-state index contributed by atoms with van der Waals surface area (Å²) >= 11 is 6.20. The van der Waals surface area contributed by atoms with Crippen LogP contribution in [0.5, 0.6) is 5.75 Å². The van der Waals surface area contributed by atoms with Crippen molar-refractivity contribution < 1.29 is 9.53 Å². The van der Waals surface area contributed by atoms with Crippen molar-refractivity contribution in [3.8, 4) is 5.75 Å². The molecular weight excluding hydrogens is 384 g/mol. The second-order valence-corrected chi connectivity index (χ2v) is 7.41. The van der Waals surface area contributed by atoms with Crippen LogP contribution in [0.2, 0.25) is 5.02 Å². The summed E-state index contributed by atoms with van der Waals surface area (Å²) in [5, 5.41) is 3.49. The summed E-state index contributed by atoms with van der Waals surface area (Å²) in [7, 11) is 1.57. The zero-order valence-electron chi connectivity index (χ0n) is 17.5. The van der Waals surface area contributed by atoms with E-state index in [4.69, 9.17) is 16.3 Å². The quantitative estimate of drug-likeness (QED) is 0.412. The van der Waals surface area contributed by atoms with Crippen LogP contribution in [0.25, 0.3) is 0 Å². The third-order valence-corrected chi connectivity index (χ3v) is 5.04. The number of methoxy groups -OCH3 is 1. The maximum atomic E-state index is 13.0. The van der Waals surface area contributed by atoms with Crippen LogP contribution < -0.4 is 10.1 Å². The van der Waals surface area contributed by atoms with E-state index in [1.807, 2.05) is 19.9 Å². The van der Waals surface area contributed by atoms with Gasteiger partial charge in [-0.2, -0.15) is 0 Å². The number of hydrogen-bond donors (Lipinski definition) is 1. The molecule has 2 rings (SSSR count). The van der Waals surface area contributed by atoms with Crippen LogP contribution in [0.15, 0.2) is 43.5 Å². The SMILES string of the molecule is C=CCCCc1cc(C)nc(C)c1CNC(=O)c1cc(Cl)cc(OC)c1CC=C. The van der Waals surface area contributed by atoms with Crippen molar-refractivity contribution in [2.24, 2.45) is 0 Å². The van der Waals surface area contributed by atoms with Gasteiger partial charge in [0, 0.05) is 34.1 Å². The number of rotatable bonds is 10. The number of aromatic nitrogens is 1. The summed E-state index contributed by atoms with van der Waals surface area (Å²) in [6.07, 6.45) is 7.08. The Kier molecular flexibility index (Phi) is 8.47. The summed E-state index contributed by atoms with van der Waals surface area (Å²) in [5.74, 6) is 0.389. The number of ether oxygens (including phenoxy) is 1. The Bertz CT molecular complexity index is 906. The first-order valence-electron chi connectivity index (χ1n) is 9.73. The molecule has 1 aromatic carbocycles. The lowest BCUT2D eigenvalue weighted by atomic mass is 9.99. The number of allylic oxidation sites excluding steroid dienone is 2. The first-order valence-corrected chi connectivity index (χ1v) is 10.1. The molecule has 0 spiro atoms. The van der Waals surface area contributed by atoms with Crippen LogP contribution >= 0.6 is 11.6 Å². The molecule has 1 amide bonds. The molecule has 0 aliphatic heterocycles. The van der Waals surface area contributed by atoms with E-state index in [2.05, 4.69) is 29.5 Å². The number of unbranched alkanes of at least 4 members (excludes halogenated alkanes) is 1. The number of halogens is 1. The summed E-state index contributed by atoms with van der Waals surface area (Å²) < 4.78 is 5.41. The zero-order chi connectivity index (χ0) is 21.4. The lowest BCUT2D eigenvalue weighted by Gasteiger charge is -2.16. The van der Waals surface area contributed by atoms with Crippen LogP contribution in [-0.2, 0) is 19.4 Å². The molecule has 0 saturated carbocycles. The molecule has 2 aromatic rings. The highest BCUT2D eigenvalue weighted by Gasteiger charge is 2.17. The van der Waals surface area contributed by atoms with Gasteiger partial charge in [0.25, 0.3) is 5.91 Å². The molecule has 154 valence electrons. The lowest BCUT2D eigenvalue weighted by molar-refractivity contribution is 0.0949. The predicted molar refractivity (Wildman–Crippen MR) is 120 cm³/mol. The van der Waals surface area contributed by atoms with Crippen LogP contribution in [0.1, 0.15) is 51.3 Å². The highest BCUT2D eigenvalue weighted by molar-refractivity contribution is 6.31. The zero-order valence-corrected chi connectivity index (χ0v) is 18.2. The number of nitrogens with one attached hydrogen (secondary N) is 1. The van der Waals surface area contributed by atoms with Crippen LogP contribution in [-0.4, -0.2) is 18.0 Å². The minimum Gasteiger partial charge on any atom is -0.496 e. The molecule has 4 nitrogen and oxygen atoms in total. The molecule has 0 atom stereocenters. The number of nitrogens with zero attached hydrogens (tertiary/aromatic N) is 1. The molecule has 1 heterocycles. The van der Waals surface area contributed by atoms with Gasteiger partial charge in [0.15, 0.2) is 0 Å². The fraction of sp³-hybridized carbons (Fsp3) is 0.333. The highest BCUT2D eigenvalue weighted by atomic mass is 35.5. The van der Waals surface area contributed by atoms with Crippen LogP contribution in [0.4, 0.5) is 0 Å². The fourth-order valence-electron chi connectivity index (χ4n) is 3.45. The number of carbonyl (C=O) groups excluding carboxylic acids is 1. The molecular formula is C24H29ClN2O2. The van der Waals surface area contributed by atoms with Gasteiger partial charge >= 0.3 is 0 Å². The molecule has 29 heavy (non-hydrogen) atoms. The van der Waals surface area contributed by atoms with E-state index >= 15 is 0 Å². The summed E-state index contributed by atoms with van der Waals surface area (Å²) in [4.78, 5) is 17.6. The Morgan fingerprint density at radius 1 is 1.21 bits per heavy atom. The highest BCUT2D eigenvalue weighted by Crippen LogP contribution is 2.28. The minimum atomic E-state index is -0.195. The van der Waals surface area contributed by atoms with Crippen molar-refractivity contribution in [2.45, 2.75) is 46.1 Å². The molecule has 0 fully saturated rings. The second kappa shape index (κ2) is 10.8. The molecule has 1 N–H and O–H groups in total. The van der Waals surface area contributed by atoms with Crippen molar-refractivity contribution in [3.63, 3.8) is 0 Å². The molecule has 0 aliphatic rings. The van der Waals surface area contributed by atoms with Crippen molar-refractivity contribution in [1.29, 1.82) is 0 Å². The summed E-state index contributed by atoms with van der Waals surface area (Å²) in [6, 6.07) is 5.48. The van der Waals surface area contributed by atoms with Crippen molar-refractivity contribution in [3.05, 3.63) is 82.2 Å². The van der Waals surface area contributed by atoms with E-state index in [1.165, 1.54) is 5.56 Å². The van der Waals surface area contributed by atoms with Gasteiger partial charge in [-0.15, -0.1) is 13.2 Å². The van der Waals surface area contributed by atoms with Gasteiger partial charge in [0.1, 0.15) is 5.75 Å². The Hall–Kier alpha value is -2.59. The normalized spacial score (nSPS) is 10.5. The maximum absolute atomic E-state index is 13.0. The van der Waals surface area contributed by atoms with E-state index < -0.39 is 0 Å². The first-order chi connectivity index (χ1) is 13.9. The van der Waals surface area contributed by atoms with Gasteiger partial charge < -0.3 is 10.1 Å². The lowest BCUT2D eigenvalue weighted by Crippen LogP contribution is -2.25. The third kappa shape index (κ3) is 5.94. The predicted octanol–water partition coefficient (Wildman–Crippen LogP) is 5.53. The minimum absolute atomic E-state index is 0.195. The summed E-state index contributed by atoms with van der Waals surface area (Å²) in [6.45, 7) is 12.0. The van der Waals surface area contributed by atoms with E-state index in [9.17, 15) is 4.79 Å². The van der Waals surface area contributed by atoms with Gasteiger partial charge in [-0.25, -0.2) is 0 Å². The van der Waals surface area contributed by atoms with E-state index in [0.717, 1.165) is 41.8 Å². The molecule has 0 bridgehead atoms. The monoisotopic (exact) mass is 412 g/mol. The smallest absolute Gasteiger partial charge is 0.252 e. The fourth-order valence-corrected chi connectivity index (χ4v) is 3.66.